The number of nitrogens with zero attached hydrogens (tertiary/aromatic N) is 2. The first-order chi connectivity index (χ1) is 9.34. The number of anilines is 1. The lowest BCUT2D eigenvalue weighted by Crippen LogP contribution is -2.36. The predicted octanol–water partition coefficient (Wildman–Crippen LogP) is 3.12. The molecule has 0 aromatic heterocycles. The molecular weight excluding hydrogens is 256 g/mol. The van der Waals surface area contributed by atoms with Gasteiger partial charge in [-0.1, -0.05) is 0 Å². The van der Waals surface area contributed by atoms with Crippen molar-refractivity contribution in [2.75, 3.05) is 4.90 Å². The Kier molecular flexibility index (Phi) is 3.61. The molecule has 2 rings (SSSR count). The lowest BCUT2D eigenvalue weighted by Gasteiger charge is -2.29. The van der Waals surface area contributed by atoms with Gasteiger partial charge in [-0.05, 0) is 45.4 Å². The van der Waals surface area contributed by atoms with Gasteiger partial charge in [0.1, 0.15) is 0 Å². The predicted molar refractivity (Wildman–Crippen MR) is 79.9 cm³/mol. The van der Waals surface area contributed by atoms with E-state index in [-0.39, 0.29) is 23.2 Å². The maximum Gasteiger partial charge on any atom is 0.269 e. The summed E-state index contributed by atoms with van der Waals surface area (Å²) in [5, 5.41) is 10.6. The normalized spacial score (nSPS) is 11.5. The van der Waals surface area contributed by atoms with Gasteiger partial charge in [-0.15, -0.1) is 0 Å². The van der Waals surface area contributed by atoms with Gasteiger partial charge < -0.3 is 4.90 Å². The molecule has 5 heteroatoms. The third-order valence-electron chi connectivity index (χ3n) is 3.35. The number of hydrogen-bond donors (Lipinski definition) is 0. The van der Waals surface area contributed by atoms with Gasteiger partial charge in [0.2, 0.25) is 5.43 Å². The summed E-state index contributed by atoms with van der Waals surface area (Å²) in [6, 6.07) is 6.62. The van der Waals surface area contributed by atoms with E-state index in [4.69, 9.17) is 0 Å². The lowest BCUT2D eigenvalue weighted by atomic mass is 10.1. The summed E-state index contributed by atoms with van der Waals surface area (Å²) >= 11 is 0. The van der Waals surface area contributed by atoms with E-state index in [1.54, 1.807) is 12.1 Å². The number of nitro benzene ring substituents is 1. The number of non-ortho nitro benzene ring substituents is 1. The minimum Gasteiger partial charge on any atom is -0.363 e. The van der Waals surface area contributed by atoms with Crippen molar-refractivity contribution < 1.29 is 4.92 Å². The fourth-order valence-corrected chi connectivity index (χ4v) is 2.54. The van der Waals surface area contributed by atoms with Crippen LogP contribution < -0.4 is 10.3 Å². The van der Waals surface area contributed by atoms with Gasteiger partial charge in [-0.3, -0.25) is 14.9 Å². The van der Waals surface area contributed by atoms with Gasteiger partial charge in [0.15, 0.2) is 0 Å². The van der Waals surface area contributed by atoms with Crippen LogP contribution >= 0.6 is 0 Å². The van der Waals surface area contributed by atoms with Crippen molar-refractivity contribution >= 4 is 11.4 Å². The molecule has 106 valence electrons. The van der Waals surface area contributed by atoms with E-state index in [1.165, 1.54) is 12.1 Å². The molecule has 2 aromatic rings. The zero-order valence-electron chi connectivity index (χ0n) is 12.1. The molecule has 0 N–H and O–H groups in total. The molecule has 0 aliphatic carbocycles. The first kappa shape index (κ1) is 14.2. The molecule has 0 unspecified atom stereocenters. The summed E-state index contributed by atoms with van der Waals surface area (Å²) in [6.45, 7) is 8.19. The van der Waals surface area contributed by atoms with Gasteiger partial charge in [0.25, 0.3) is 5.69 Å². The quantitative estimate of drug-likeness (QED) is 0.620. The van der Waals surface area contributed by atoms with E-state index in [2.05, 4.69) is 4.90 Å². The molecule has 0 atom stereocenters. The van der Waals surface area contributed by atoms with E-state index in [0.717, 1.165) is 11.3 Å². The van der Waals surface area contributed by atoms with Crippen LogP contribution in [0, 0.1) is 10.1 Å². The van der Waals surface area contributed by atoms with Crippen LogP contribution in [0.3, 0.4) is 0 Å². The summed E-state index contributed by atoms with van der Waals surface area (Å²) in [5.41, 5.74) is 2.25. The van der Waals surface area contributed by atoms with Crippen molar-refractivity contribution in [1.29, 1.82) is 0 Å². The zero-order valence-corrected chi connectivity index (χ0v) is 12.1. The fraction of sp³-hybridized carbons (Fsp3) is 0.400. The highest BCUT2D eigenvalue weighted by atomic mass is 16.6. The number of rotatable bonds is 5. The second-order valence-corrected chi connectivity index (χ2v) is 5.45. The highest BCUT2D eigenvalue weighted by Crippen LogP contribution is 2.36. The van der Waals surface area contributed by atoms with Crippen LogP contribution in [0.2, 0.25) is 0 Å². The lowest BCUT2D eigenvalue weighted by molar-refractivity contribution is -0.384. The molecular formula is C15H18N2O3. The Labute approximate surface area is 117 Å². The van der Waals surface area contributed by atoms with Crippen molar-refractivity contribution in [3.8, 4) is 11.1 Å². The van der Waals surface area contributed by atoms with Crippen molar-refractivity contribution in [3.63, 3.8) is 0 Å². The SMILES string of the molecule is CC(C)N(c1c(-c2ccc([N+](=O)[O-])cc2)c1=O)C(C)C. The second-order valence-electron chi connectivity index (χ2n) is 5.45. The fourth-order valence-electron chi connectivity index (χ4n) is 2.54. The average molecular weight is 274 g/mol. The Morgan fingerprint density at radius 3 is 1.95 bits per heavy atom. The van der Waals surface area contributed by atoms with E-state index in [9.17, 15) is 14.9 Å². The van der Waals surface area contributed by atoms with Gasteiger partial charge >= 0.3 is 0 Å². The van der Waals surface area contributed by atoms with Gasteiger partial charge in [0.05, 0.1) is 16.2 Å². The van der Waals surface area contributed by atoms with Gasteiger partial charge in [-0.25, -0.2) is 0 Å². The van der Waals surface area contributed by atoms with Crippen molar-refractivity contribution in [1.82, 2.24) is 0 Å². The molecule has 5 nitrogen and oxygen atoms in total. The number of benzene rings is 1. The van der Waals surface area contributed by atoms with E-state index >= 15 is 0 Å². The average Bonchev–Trinajstić information content (AvgIpc) is 2.99. The molecule has 0 fully saturated rings. The molecule has 0 aliphatic rings. The molecule has 0 amide bonds. The molecule has 20 heavy (non-hydrogen) atoms. The van der Waals surface area contributed by atoms with Gasteiger partial charge in [-0.2, -0.15) is 0 Å². The van der Waals surface area contributed by atoms with Crippen LogP contribution in [0.5, 0.6) is 0 Å². The van der Waals surface area contributed by atoms with Crippen LogP contribution in [0.1, 0.15) is 27.7 Å². The molecule has 0 heterocycles. The van der Waals surface area contributed by atoms with Crippen LogP contribution in [0.25, 0.3) is 11.1 Å². The smallest absolute Gasteiger partial charge is 0.269 e. The number of hydrogen-bond acceptors (Lipinski definition) is 4. The Morgan fingerprint density at radius 1 is 1.05 bits per heavy atom. The zero-order chi connectivity index (χ0) is 15.0. The molecule has 0 radical (unpaired) electrons. The molecule has 0 aliphatic heterocycles. The third-order valence-corrected chi connectivity index (χ3v) is 3.35. The third kappa shape index (κ3) is 2.43. The van der Waals surface area contributed by atoms with E-state index in [0.29, 0.717) is 5.56 Å². The molecule has 0 saturated heterocycles. The Bertz CT molecular complexity index is 626. The topological polar surface area (TPSA) is 63.4 Å². The van der Waals surface area contributed by atoms with Crippen molar-refractivity contribution in [2.45, 2.75) is 39.8 Å². The summed E-state index contributed by atoms with van der Waals surface area (Å²) in [4.78, 5) is 24.3. The largest absolute Gasteiger partial charge is 0.363 e. The maximum absolute atomic E-state index is 12.0. The monoisotopic (exact) mass is 274 g/mol. The van der Waals surface area contributed by atoms with Gasteiger partial charge in [0, 0.05) is 24.2 Å². The molecule has 0 saturated carbocycles. The van der Waals surface area contributed by atoms with Crippen LogP contribution in [-0.2, 0) is 0 Å². The highest BCUT2D eigenvalue weighted by Gasteiger charge is 2.31. The summed E-state index contributed by atoms with van der Waals surface area (Å²) < 4.78 is 0. The van der Waals surface area contributed by atoms with Crippen molar-refractivity contribution in [2.24, 2.45) is 0 Å². The van der Waals surface area contributed by atoms with Crippen LogP contribution in [0.4, 0.5) is 11.4 Å². The second kappa shape index (κ2) is 5.07. The van der Waals surface area contributed by atoms with Crippen molar-refractivity contribution in [3.05, 3.63) is 44.6 Å². The molecule has 0 bridgehead atoms. The first-order valence-electron chi connectivity index (χ1n) is 6.66. The summed E-state index contributed by atoms with van der Waals surface area (Å²) in [5.74, 6) is 0. The molecule has 2 aromatic carbocycles. The minimum absolute atomic E-state index is 0.0357. The highest BCUT2D eigenvalue weighted by molar-refractivity contribution is 5.90. The molecule has 0 spiro atoms. The Hall–Kier alpha value is -2.17. The maximum atomic E-state index is 12.0. The summed E-state index contributed by atoms with van der Waals surface area (Å²) in [7, 11) is 0. The minimum atomic E-state index is -0.442. The Balaban J connectivity index is 2.33. The van der Waals surface area contributed by atoms with Crippen LogP contribution in [0.15, 0.2) is 29.1 Å². The standard InChI is InChI=1S/C15H18N2O3/c1-9(2)16(10(3)4)14-13(15(14)18)11-5-7-12(8-6-11)17(19)20/h5-10H,1-4H3. The van der Waals surface area contributed by atoms with E-state index < -0.39 is 4.92 Å². The summed E-state index contributed by atoms with van der Waals surface area (Å²) in [6.07, 6.45) is 0. The number of nitro groups is 1. The first-order valence-corrected chi connectivity index (χ1v) is 6.66. The van der Waals surface area contributed by atoms with Crippen LogP contribution in [-0.4, -0.2) is 17.0 Å². The Morgan fingerprint density at radius 2 is 1.55 bits per heavy atom. The van der Waals surface area contributed by atoms with E-state index in [1.807, 2.05) is 27.7 Å².